The molecule has 1 aliphatic heterocycles. The number of hydrogen-bond donors (Lipinski definition) is 2. The summed E-state index contributed by atoms with van der Waals surface area (Å²) in [5.74, 6) is 0. The van der Waals surface area contributed by atoms with Gasteiger partial charge in [0, 0.05) is 11.1 Å². The molecular formula is C20H12N4S3. The Morgan fingerprint density at radius 2 is 1.04 bits per heavy atom. The van der Waals surface area contributed by atoms with Crippen LogP contribution in [0.4, 0.5) is 0 Å². The van der Waals surface area contributed by atoms with Crippen LogP contribution in [0, 0.1) is 33.5 Å². The highest BCUT2D eigenvalue weighted by atomic mass is 33.1. The lowest BCUT2D eigenvalue weighted by atomic mass is 10.1. The predicted molar refractivity (Wildman–Crippen MR) is 115 cm³/mol. The summed E-state index contributed by atoms with van der Waals surface area (Å²) < 4.78 is 1.33. The van der Waals surface area contributed by atoms with Crippen LogP contribution in [-0.2, 0) is 0 Å². The van der Waals surface area contributed by atoms with Crippen molar-refractivity contribution in [3.8, 4) is 12.1 Å². The maximum Gasteiger partial charge on any atom is 0.103 e. The molecule has 0 aromatic heterocycles. The van der Waals surface area contributed by atoms with Gasteiger partial charge in [-0.2, -0.15) is 10.5 Å². The second kappa shape index (κ2) is 8.79. The fourth-order valence-corrected chi connectivity index (χ4v) is 6.68. The molecule has 27 heavy (non-hydrogen) atoms. The number of rotatable bonds is 4. The summed E-state index contributed by atoms with van der Waals surface area (Å²) in [5, 5.41) is 35.9. The summed E-state index contributed by atoms with van der Waals surface area (Å²) in [6.07, 6.45) is 0. The molecule has 0 amide bonds. The first-order chi connectivity index (χ1) is 13.2. The van der Waals surface area contributed by atoms with Crippen molar-refractivity contribution in [3.63, 3.8) is 0 Å². The van der Waals surface area contributed by atoms with E-state index in [9.17, 15) is 10.5 Å². The molecule has 1 aliphatic rings. The highest BCUT2D eigenvalue weighted by Gasteiger charge is 2.27. The van der Waals surface area contributed by atoms with Crippen LogP contribution in [0.2, 0.25) is 0 Å². The summed E-state index contributed by atoms with van der Waals surface area (Å²) in [7, 11) is 2.71. The van der Waals surface area contributed by atoms with Gasteiger partial charge in [0.2, 0.25) is 0 Å². The van der Waals surface area contributed by atoms with E-state index in [2.05, 4.69) is 12.1 Å². The van der Waals surface area contributed by atoms with Gasteiger partial charge in [-0.05, 0) is 21.6 Å². The lowest BCUT2D eigenvalue weighted by Crippen LogP contribution is -2.03. The molecule has 4 nitrogen and oxygen atoms in total. The zero-order valence-electron chi connectivity index (χ0n) is 13.9. The molecule has 1 fully saturated rings. The minimum atomic E-state index is 0.159. The van der Waals surface area contributed by atoms with Crippen molar-refractivity contribution in [3.05, 3.63) is 91.4 Å². The minimum Gasteiger partial charge on any atom is -0.299 e. The number of benzene rings is 2. The van der Waals surface area contributed by atoms with Crippen LogP contribution in [0.5, 0.6) is 0 Å². The van der Waals surface area contributed by atoms with Gasteiger partial charge in [0.15, 0.2) is 0 Å². The van der Waals surface area contributed by atoms with Crippen LogP contribution in [0.1, 0.15) is 11.1 Å². The largest absolute Gasteiger partial charge is 0.299 e. The van der Waals surface area contributed by atoms with E-state index >= 15 is 0 Å². The van der Waals surface area contributed by atoms with Crippen molar-refractivity contribution in [2.24, 2.45) is 0 Å². The second-order valence-corrected chi connectivity index (χ2v) is 8.99. The van der Waals surface area contributed by atoms with Gasteiger partial charge in [-0.15, -0.1) is 0 Å². The first-order valence-electron chi connectivity index (χ1n) is 7.75. The molecule has 7 heteroatoms. The third kappa shape index (κ3) is 4.17. The van der Waals surface area contributed by atoms with E-state index in [-0.39, 0.29) is 22.6 Å². The van der Waals surface area contributed by atoms with Gasteiger partial charge < -0.3 is 0 Å². The van der Waals surface area contributed by atoms with Gasteiger partial charge in [-0.1, -0.05) is 72.4 Å². The summed E-state index contributed by atoms with van der Waals surface area (Å²) in [5.41, 5.74) is 2.22. The Kier molecular flexibility index (Phi) is 6.20. The van der Waals surface area contributed by atoms with Gasteiger partial charge in [0.1, 0.15) is 12.1 Å². The highest BCUT2D eigenvalue weighted by Crippen LogP contribution is 2.59. The van der Waals surface area contributed by atoms with Crippen LogP contribution in [0.3, 0.4) is 0 Å². The highest BCUT2D eigenvalue weighted by molar-refractivity contribution is 8.86. The molecule has 2 aromatic rings. The zero-order valence-corrected chi connectivity index (χ0v) is 16.3. The molecule has 2 aromatic carbocycles. The number of allylic oxidation sites excluding steroid dienone is 2. The molecule has 1 saturated heterocycles. The fraction of sp³-hybridized carbons (Fsp3) is 0. The maximum atomic E-state index is 9.58. The van der Waals surface area contributed by atoms with E-state index in [1.807, 2.05) is 36.4 Å². The third-order valence-corrected chi connectivity index (χ3v) is 8.09. The molecule has 0 bridgehead atoms. The Hall–Kier alpha value is -2.71. The summed E-state index contributed by atoms with van der Waals surface area (Å²) in [4.78, 5) is 0. The number of thioether (sulfide) groups is 1. The van der Waals surface area contributed by atoms with E-state index in [0.717, 1.165) is 0 Å². The van der Waals surface area contributed by atoms with Crippen LogP contribution in [-0.4, -0.2) is 11.4 Å². The van der Waals surface area contributed by atoms with Gasteiger partial charge in [0.05, 0.1) is 31.0 Å². The Labute approximate surface area is 169 Å². The zero-order chi connectivity index (χ0) is 19.2. The van der Waals surface area contributed by atoms with Crippen LogP contribution >= 0.6 is 33.3 Å². The normalized spacial score (nSPS) is 16.8. The smallest absolute Gasteiger partial charge is 0.103 e. The molecule has 3 rings (SSSR count). The van der Waals surface area contributed by atoms with Crippen molar-refractivity contribution >= 4 is 44.8 Å². The van der Waals surface area contributed by atoms with E-state index in [1.165, 1.54) is 33.3 Å². The SMILES string of the molecule is N#C/C(C(=N)c1ccccc1)=C1/SS/C(=C(/C#N)C(=N)c2ccccc2)S1. The Morgan fingerprint density at radius 3 is 1.37 bits per heavy atom. The lowest BCUT2D eigenvalue weighted by molar-refractivity contribution is 1.45. The molecule has 1 heterocycles. The topological polar surface area (TPSA) is 95.3 Å². The van der Waals surface area contributed by atoms with E-state index < -0.39 is 0 Å². The van der Waals surface area contributed by atoms with Crippen molar-refractivity contribution in [1.29, 1.82) is 21.3 Å². The van der Waals surface area contributed by atoms with Gasteiger partial charge in [-0.25, -0.2) is 0 Å². The second-order valence-electron chi connectivity index (χ2n) is 5.30. The van der Waals surface area contributed by atoms with Crippen LogP contribution < -0.4 is 0 Å². The average molecular weight is 405 g/mol. The predicted octanol–water partition coefficient (Wildman–Crippen LogP) is 5.72. The average Bonchev–Trinajstić information content (AvgIpc) is 3.19. The molecular weight excluding hydrogens is 392 g/mol. The molecule has 2 N–H and O–H groups in total. The number of hydrogen-bond acceptors (Lipinski definition) is 7. The maximum absolute atomic E-state index is 9.58. The van der Waals surface area contributed by atoms with Crippen LogP contribution in [0.25, 0.3) is 0 Å². The fourth-order valence-electron chi connectivity index (χ4n) is 2.28. The van der Waals surface area contributed by atoms with E-state index in [0.29, 0.717) is 19.6 Å². The van der Waals surface area contributed by atoms with Crippen molar-refractivity contribution in [1.82, 2.24) is 0 Å². The molecule has 0 atom stereocenters. The Balaban J connectivity index is 1.94. The van der Waals surface area contributed by atoms with Gasteiger partial charge >= 0.3 is 0 Å². The van der Waals surface area contributed by atoms with Gasteiger partial charge in [0.25, 0.3) is 0 Å². The summed E-state index contributed by atoms with van der Waals surface area (Å²) in [6.45, 7) is 0. The Morgan fingerprint density at radius 1 is 0.667 bits per heavy atom. The first kappa shape index (κ1) is 19.1. The molecule has 130 valence electrons. The van der Waals surface area contributed by atoms with E-state index in [1.54, 1.807) is 24.3 Å². The third-order valence-electron chi connectivity index (χ3n) is 3.64. The quantitative estimate of drug-likeness (QED) is 0.386. The minimum absolute atomic E-state index is 0.159. The monoisotopic (exact) mass is 404 g/mol. The number of nitrogens with one attached hydrogen (secondary N) is 2. The Bertz CT molecular complexity index is 957. The van der Waals surface area contributed by atoms with Crippen molar-refractivity contribution in [2.75, 3.05) is 0 Å². The van der Waals surface area contributed by atoms with Crippen LogP contribution in [0.15, 0.2) is 80.3 Å². The standard InChI is InChI=1S/C20H12N4S3/c21-11-15(17(23)13-7-3-1-4-8-13)19-25-20(27-26-19)16(12-22)18(24)14-9-5-2-6-10-14/h1-10,23-24H/b19-15-,20-16-,23-17?,24-18?. The van der Waals surface area contributed by atoms with Crippen molar-refractivity contribution in [2.45, 2.75) is 0 Å². The number of nitrogens with zero attached hydrogens (tertiary/aromatic N) is 2. The van der Waals surface area contributed by atoms with Gasteiger partial charge in [-0.3, -0.25) is 10.8 Å². The van der Waals surface area contributed by atoms with Crippen molar-refractivity contribution < 1.29 is 0 Å². The van der Waals surface area contributed by atoms with E-state index in [4.69, 9.17) is 10.8 Å². The lowest BCUT2D eigenvalue weighted by Gasteiger charge is -2.05. The molecule has 0 aliphatic carbocycles. The molecule has 0 unspecified atom stereocenters. The molecule has 0 spiro atoms. The molecule has 0 saturated carbocycles. The molecule has 0 radical (unpaired) electrons. The number of nitriles is 2. The summed E-state index contributed by atoms with van der Waals surface area (Å²) >= 11 is 1.28. The summed E-state index contributed by atoms with van der Waals surface area (Å²) in [6, 6.07) is 22.4. The first-order valence-corrected chi connectivity index (χ1v) is 10.7.